The molecule has 396 valence electrons. The van der Waals surface area contributed by atoms with E-state index in [1.54, 1.807) is 30.6 Å². The summed E-state index contributed by atoms with van der Waals surface area (Å²) in [5.41, 5.74) is 3.74. The summed E-state index contributed by atoms with van der Waals surface area (Å²) in [7, 11) is -2.73. The summed E-state index contributed by atoms with van der Waals surface area (Å²) in [5.74, 6) is 0.957. The molecule has 1 atom stereocenters. The minimum atomic E-state index is -4.58. The number of methoxy groups -OCH3 is 1. The van der Waals surface area contributed by atoms with E-state index in [-0.39, 0.29) is 28.3 Å². The molecule has 1 unspecified atom stereocenters. The van der Waals surface area contributed by atoms with Crippen molar-refractivity contribution < 1.29 is 32.7 Å². The summed E-state index contributed by atoms with van der Waals surface area (Å²) in [6.45, 7) is 12.9. The van der Waals surface area contributed by atoms with Gasteiger partial charge in [-0.1, -0.05) is 38.1 Å². The van der Waals surface area contributed by atoms with Crippen LogP contribution in [-0.2, 0) is 14.8 Å². The molecule has 2 saturated heterocycles. The number of nitrogens with zero attached hydrogens (tertiary/aromatic N) is 5. The smallest absolute Gasteiger partial charge is 0.293 e. The number of aromatic amines is 1. The van der Waals surface area contributed by atoms with Crippen LogP contribution in [0, 0.1) is 27.4 Å². The summed E-state index contributed by atoms with van der Waals surface area (Å²) >= 11 is 0. The van der Waals surface area contributed by atoms with Gasteiger partial charge in [-0.25, -0.2) is 18.1 Å². The van der Waals surface area contributed by atoms with E-state index < -0.39 is 37.0 Å². The van der Waals surface area contributed by atoms with Crippen LogP contribution in [0.1, 0.15) is 131 Å². The van der Waals surface area contributed by atoms with Gasteiger partial charge in [0.15, 0.2) is 0 Å². The molecule has 4 heterocycles. The van der Waals surface area contributed by atoms with Crippen molar-refractivity contribution >= 4 is 44.0 Å². The first-order valence-electron chi connectivity index (χ1n) is 27.0. The summed E-state index contributed by atoms with van der Waals surface area (Å²) in [5, 5.41) is 26.5. The molecule has 5 aliphatic rings. The number of fused-ring (bicyclic) bond motifs is 1. The standard InChI is InChI=1S/C57H74N8O8S/c1-38(2)47-7-5-6-8-48(47)52-37-62(36-40-9-12-44(72-4)13-10-40)27-28-64(52)43-32-57(33-43)22-25-63(26-23-57)42-11-15-49(53(30-42)73-45-29-41-19-24-58-54(41)60-35-45)55(66)61-74(70,71)46-14-16-50(51(31-46)65(68)69)59-34-39-17-20-56(3,67)21-18-39/h5-8,11,14-16,19,24,29-31,35,38-40,43-44,52,59,67H,9-10,12-13,17-18,20-23,25-28,32-34,36-37H2,1-4H3,(H,58,60)(H,61,66)/t39-,40?,44?,52?,56-. The molecule has 0 radical (unpaired) electrons. The summed E-state index contributed by atoms with van der Waals surface area (Å²) in [4.78, 5) is 40.8. The van der Waals surface area contributed by atoms with Crippen LogP contribution in [0.15, 0.2) is 90.1 Å². The lowest BCUT2D eigenvalue weighted by molar-refractivity contribution is -0.384. The largest absolute Gasteiger partial charge is 0.455 e. The van der Waals surface area contributed by atoms with Gasteiger partial charge < -0.3 is 29.8 Å². The second-order valence-corrected chi connectivity index (χ2v) is 24.5. The van der Waals surface area contributed by atoms with Gasteiger partial charge in [-0.15, -0.1) is 0 Å². The Bertz CT molecular complexity index is 2910. The molecule has 17 heteroatoms. The molecule has 10 rings (SSSR count). The molecular formula is C57H74N8O8S. The number of pyridine rings is 1. The van der Waals surface area contributed by atoms with Crippen molar-refractivity contribution in [3.63, 3.8) is 0 Å². The van der Waals surface area contributed by atoms with Crippen molar-refractivity contribution in [1.29, 1.82) is 0 Å². The van der Waals surface area contributed by atoms with Crippen LogP contribution in [0.5, 0.6) is 11.5 Å². The zero-order valence-electron chi connectivity index (χ0n) is 43.4. The van der Waals surface area contributed by atoms with Crippen molar-refractivity contribution in [3.8, 4) is 11.5 Å². The van der Waals surface area contributed by atoms with Crippen molar-refractivity contribution in [2.45, 2.75) is 132 Å². The maximum absolute atomic E-state index is 14.1. The predicted octanol–water partition coefficient (Wildman–Crippen LogP) is 10.2. The zero-order chi connectivity index (χ0) is 51.8. The SMILES string of the molecule is COC1CCC(CN2CCN(C3CC4(CCN(c5ccc(C(=O)NS(=O)(=O)c6ccc(NC[C@H]7CC[C@](C)(O)CC7)c([N+](=O)[O-])c6)c(Oc6cnc7[nH]ccc7c6)c5)CC4)C3)C(c3ccccc3C(C)C)C2)CC1. The number of carbonyl (C=O) groups excluding carboxylic acids is 1. The molecule has 2 aliphatic heterocycles. The number of hydrogen-bond donors (Lipinski definition) is 4. The number of piperazine rings is 1. The van der Waals surface area contributed by atoms with Crippen molar-refractivity contribution in [3.05, 3.63) is 112 Å². The van der Waals surface area contributed by atoms with Crippen molar-refractivity contribution in [1.82, 2.24) is 24.5 Å². The van der Waals surface area contributed by atoms with Gasteiger partial charge in [0.05, 0.1) is 33.3 Å². The lowest BCUT2D eigenvalue weighted by atomic mass is 9.59. The molecule has 0 bridgehead atoms. The Kier molecular flexibility index (Phi) is 15.1. The minimum Gasteiger partial charge on any atom is -0.455 e. The number of rotatable bonds is 16. The Labute approximate surface area is 435 Å². The van der Waals surface area contributed by atoms with E-state index in [1.807, 2.05) is 26.2 Å². The second-order valence-electron chi connectivity index (χ2n) is 22.8. The third-order valence-electron chi connectivity index (χ3n) is 17.4. The second kappa shape index (κ2) is 21.6. The van der Waals surface area contributed by atoms with Crippen molar-refractivity contribution in [2.75, 3.05) is 63.1 Å². The van der Waals surface area contributed by atoms with Gasteiger partial charge in [0.2, 0.25) is 0 Å². The van der Waals surface area contributed by atoms with E-state index in [2.05, 4.69) is 72.8 Å². The normalized spacial score (nSPS) is 25.0. The lowest BCUT2D eigenvalue weighted by Crippen LogP contribution is -2.60. The highest BCUT2D eigenvalue weighted by atomic mass is 32.2. The zero-order valence-corrected chi connectivity index (χ0v) is 44.2. The van der Waals surface area contributed by atoms with E-state index in [1.165, 1.54) is 55.5 Å². The number of amides is 1. The van der Waals surface area contributed by atoms with Gasteiger partial charge in [0.1, 0.15) is 22.8 Å². The summed E-state index contributed by atoms with van der Waals surface area (Å²) in [6.07, 6.45) is 15.8. The molecule has 1 spiro atoms. The molecular weight excluding hydrogens is 957 g/mol. The number of H-pyrrole nitrogens is 1. The third kappa shape index (κ3) is 11.5. The fraction of sp³-hybridized carbons (Fsp3) is 0.544. The minimum absolute atomic E-state index is 0.0202. The number of nitro groups is 1. The molecule has 3 aliphatic carbocycles. The Morgan fingerprint density at radius 1 is 0.932 bits per heavy atom. The molecule has 5 aromatic rings. The molecule has 3 saturated carbocycles. The Hall–Kier alpha value is -5.59. The maximum atomic E-state index is 14.1. The Morgan fingerprint density at radius 2 is 1.69 bits per heavy atom. The number of anilines is 2. The number of piperidine rings is 1. The highest BCUT2D eigenvalue weighted by Crippen LogP contribution is 2.53. The van der Waals surface area contributed by atoms with Crippen LogP contribution in [0.2, 0.25) is 0 Å². The highest BCUT2D eigenvalue weighted by Gasteiger charge is 2.50. The van der Waals surface area contributed by atoms with Gasteiger partial charge >= 0.3 is 0 Å². The van der Waals surface area contributed by atoms with Crippen LogP contribution < -0.4 is 19.7 Å². The first-order valence-corrected chi connectivity index (χ1v) is 28.4. The number of benzene rings is 3. The van der Waals surface area contributed by atoms with E-state index in [0.29, 0.717) is 54.9 Å². The van der Waals surface area contributed by atoms with Crippen LogP contribution >= 0.6 is 0 Å². The molecule has 74 heavy (non-hydrogen) atoms. The molecule has 16 nitrogen and oxygen atoms in total. The van der Waals surface area contributed by atoms with Crippen LogP contribution in [0.3, 0.4) is 0 Å². The Balaban J connectivity index is 0.822. The first kappa shape index (κ1) is 51.9. The average Bonchev–Trinajstić information content (AvgIpc) is 3.86. The Morgan fingerprint density at radius 3 is 2.42 bits per heavy atom. The number of carbonyl (C=O) groups is 1. The van der Waals surface area contributed by atoms with Gasteiger partial charge in [0.25, 0.3) is 21.6 Å². The predicted molar refractivity (Wildman–Crippen MR) is 288 cm³/mol. The molecule has 3 aromatic carbocycles. The fourth-order valence-electron chi connectivity index (χ4n) is 12.9. The van der Waals surface area contributed by atoms with Crippen LogP contribution in [0.4, 0.5) is 17.1 Å². The topological polar surface area (TPSA) is 195 Å². The number of nitrogens with one attached hydrogen (secondary N) is 3. The third-order valence-corrected chi connectivity index (χ3v) is 18.7. The molecule has 1 amide bonds. The van der Waals surface area contributed by atoms with Gasteiger partial charge in [-0.05, 0) is 155 Å². The van der Waals surface area contributed by atoms with E-state index >= 15 is 0 Å². The number of nitro benzene ring substituents is 1. The van der Waals surface area contributed by atoms with Crippen LogP contribution in [0.25, 0.3) is 11.0 Å². The molecule has 2 aromatic heterocycles. The number of aliphatic hydroxyl groups is 1. The summed E-state index contributed by atoms with van der Waals surface area (Å²) < 4.78 is 42.0. The summed E-state index contributed by atoms with van der Waals surface area (Å²) in [6, 6.07) is 22.5. The van der Waals surface area contributed by atoms with Crippen molar-refractivity contribution in [2.24, 2.45) is 17.3 Å². The van der Waals surface area contributed by atoms with Gasteiger partial charge in [0, 0.05) is 94.4 Å². The van der Waals surface area contributed by atoms with Gasteiger partial charge in [-0.2, -0.15) is 0 Å². The van der Waals surface area contributed by atoms with E-state index in [0.717, 1.165) is 94.3 Å². The molecule has 5 fully saturated rings. The van der Waals surface area contributed by atoms with Gasteiger partial charge in [-0.3, -0.25) is 24.7 Å². The number of hydrogen-bond acceptors (Lipinski definition) is 13. The number of sulfonamides is 1. The van der Waals surface area contributed by atoms with Crippen LogP contribution in [-0.4, -0.2) is 115 Å². The van der Waals surface area contributed by atoms with E-state index in [9.17, 15) is 28.4 Å². The quantitative estimate of drug-likeness (QED) is 0.0539. The van der Waals surface area contributed by atoms with E-state index in [4.69, 9.17) is 9.47 Å². The number of aromatic nitrogens is 2. The molecule has 4 N–H and O–H groups in total. The number of ether oxygens (including phenoxy) is 2. The maximum Gasteiger partial charge on any atom is 0.293 e. The first-order chi connectivity index (χ1) is 35.5. The fourth-order valence-corrected chi connectivity index (χ4v) is 13.9. The lowest BCUT2D eigenvalue weighted by Gasteiger charge is -2.58. The average molecular weight is 1030 g/mol. The highest BCUT2D eigenvalue weighted by molar-refractivity contribution is 7.90. The monoisotopic (exact) mass is 1030 g/mol.